The molecule has 3 nitrogen and oxygen atoms in total. The number of carbonyl (C=O) groups is 1. The van der Waals surface area contributed by atoms with Crippen LogP contribution in [0.1, 0.15) is 5.56 Å². The van der Waals surface area contributed by atoms with Gasteiger partial charge in [0.2, 0.25) is 0 Å². The number of ether oxygens (including phenoxy) is 1. The van der Waals surface area contributed by atoms with Crippen LogP contribution in [0.5, 0.6) is 0 Å². The minimum absolute atomic E-state index is 0. The molecular formula is C12H15BrClNO2S. The van der Waals surface area contributed by atoms with Gasteiger partial charge in [-0.15, -0.1) is 24.2 Å². The minimum atomic E-state index is -0.336. The zero-order valence-electron chi connectivity index (χ0n) is 9.67. The van der Waals surface area contributed by atoms with Crippen molar-refractivity contribution in [1.82, 2.24) is 0 Å². The second-order valence-corrected chi connectivity index (χ2v) is 5.13. The number of hydrogen-bond donors (Lipinski definition) is 1. The number of carbonyl (C=O) groups excluding carboxylic acids is 1. The monoisotopic (exact) mass is 351 g/mol. The summed E-state index contributed by atoms with van der Waals surface area (Å²) in [7, 11) is 0. The molecule has 0 unspecified atom stereocenters. The molecule has 0 aliphatic rings. The molecule has 18 heavy (non-hydrogen) atoms. The lowest BCUT2D eigenvalue weighted by atomic mass is 10.2. The van der Waals surface area contributed by atoms with Crippen LogP contribution in [-0.4, -0.2) is 18.3 Å². The van der Waals surface area contributed by atoms with Crippen LogP contribution >= 0.6 is 40.1 Å². The van der Waals surface area contributed by atoms with Crippen LogP contribution in [0, 0.1) is 0 Å². The summed E-state index contributed by atoms with van der Waals surface area (Å²) in [5.74, 6) is 0.466. The molecule has 1 aromatic rings. The zero-order valence-corrected chi connectivity index (χ0v) is 12.9. The van der Waals surface area contributed by atoms with E-state index in [-0.39, 0.29) is 25.0 Å². The van der Waals surface area contributed by atoms with Crippen molar-refractivity contribution in [3.8, 4) is 0 Å². The molecule has 0 saturated carbocycles. The molecule has 1 rings (SSSR count). The van der Waals surface area contributed by atoms with E-state index in [1.54, 1.807) is 5.41 Å². The van der Waals surface area contributed by atoms with Crippen LogP contribution in [0.15, 0.2) is 40.2 Å². The van der Waals surface area contributed by atoms with Crippen LogP contribution in [-0.2, 0) is 16.1 Å². The van der Waals surface area contributed by atoms with E-state index >= 15 is 0 Å². The fraction of sp³-hybridized carbons (Fsp3) is 0.250. The van der Waals surface area contributed by atoms with Crippen molar-refractivity contribution in [2.45, 2.75) is 6.61 Å². The quantitative estimate of drug-likeness (QED) is 0.485. The standard InChI is InChI=1S/C12H14BrNO2S.ClH/c13-11-3-1-10(2-4-11)9-16-12(15)5-7-17-8-6-14;/h1-5,7H,6,8-9,14H2;1H/b7-5-;. The van der Waals surface area contributed by atoms with Gasteiger partial charge in [0.25, 0.3) is 0 Å². The van der Waals surface area contributed by atoms with Crippen molar-refractivity contribution in [2.24, 2.45) is 5.73 Å². The molecule has 0 bridgehead atoms. The van der Waals surface area contributed by atoms with E-state index < -0.39 is 0 Å². The van der Waals surface area contributed by atoms with Gasteiger partial charge in [0.1, 0.15) is 6.61 Å². The van der Waals surface area contributed by atoms with Crippen LogP contribution in [0.2, 0.25) is 0 Å². The smallest absolute Gasteiger partial charge is 0.331 e. The Morgan fingerprint density at radius 1 is 1.39 bits per heavy atom. The van der Waals surface area contributed by atoms with Gasteiger partial charge in [-0.2, -0.15) is 0 Å². The average molecular weight is 353 g/mol. The molecule has 6 heteroatoms. The SMILES string of the molecule is Cl.NCCS/C=C\C(=O)OCc1ccc(Br)cc1. The van der Waals surface area contributed by atoms with Crippen molar-refractivity contribution >= 4 is 46.1 Å². The second kappa shape index (κ2) is 10.4. The summed E-state index contributed by atoms with van der Waals surface area (Å²) in [6, 6.07) is 7.64. The highest BCUT2D eigenvalue weighted by molar-refractivity contribution is 9.10. The highest BCUT2D eigenvalue weighted by Gasteiger charge is 1.98. The van der Waals surface area contributed by atoms with Gasteiger partial charge < -0.3 is 10.5 Å². The van der Waals surface area contributed by atoms with Crippen molar-refractivity contribution < 1.29 is 9.53 Å². The number of halogens is 2. The average Bonchev–Trinajstić information content (AvgIpc) is 2.34. The van der Waals surface area contributed by atoms with E-state index in [1.165, 1.54) is 17.8 Å². The predicted molar refractivity (Wildman–Crippen MR) is 81.8 cm³/mol. The number of hydrogen-bond acceptors (Lipinski definition) is 4. The van der Waals surface area contributed by atoms with Crippen LogP contribution in [0.3, 0.4) is 0 Å². The van der Waals surface area contributed by atoms with Crippen molar-refractivity contribution in [2.75, 3.05) is 12.3 Å². The Labute approximate surface area is 126 Å². The number of esters is 1. The first-order valence-corrected chi connectivity index (χ1v) is 6.96. The van der Waals surface area contributed by atoms with Gasteiger partial charge >= 0.3 is 5.97 Å². The van der Waals surface area contributed by atoms with Gasteiger partial charge in [0.15, 0.2) is 0 Å². The highest BCUT2D eigenvalue weighted by Crippen LogP contribution is 2.11. The minimum Gasteiger partial charge on any atom is -0.458 e. The van der Waals surface area contributed by atoms with Crippen molar-refractivity contribution in [3.05, 3.63) is 45.8 Å². The van der Waals surface area contributed by atoms with Crippen LogP contribution < -0.4 is 5.73 Å². The third kappa shape index (κ3) is 7.76. The summed E-state index contributed by atoms with van der Waals surface area (Å²) >= 11 is 4.84. The molecule has 0 aliphatic heterocycles. The molecular weight excluding hydrogens is 338 g/mol. The first-order valence-electron chi connectivity index (χ1n) is 5.12. The number of thioether (sulfide) groups is 1. The van der Waals surface area contributed by atoms with Crippen molar-refractivity contribution in [1.29, 1.82) is 0 Å². The molecule has 0 atom stereocenters. The first kappa shape index (κ1) is 17.5. The largest absolute Gasteiger partial charge is 0.458 e. The maximum atomic E-state index is 11.3. The Hall–Kier alpha value is -0.490. The number of rotatable bonds is 6. The molecule has 0 saturated heterocycles. The van der Waals surface area contributed by atoms with E-state index in [2.05, 4.69) is 15.9 Å². The summed E-state index contributed by atoms with van der Waals surface area (Å²) < 4.78 is 6.07. The van der Waals surface area contributed by atoms with Gasteiger partial charge in [-0.1, -0.05) is 28.1 Å². The van der Waals surface area contributed by atoms with E-state index in [9.17, 15) is 4.79 Å². The Morgan fingerprint density at radius 2 is 2.06 bits per heavy atom. The number of nitrogens with two attached hydrogens (primary N) is 1. The summed E-state index contributed by atoms with van der Waals surface area (Å²) in [5.41, 5.74) is 6.28. The topological polar surface area (TPSA) is 52.3 Å². The Kier molecular flexibility index (Phi) is 10.2. The summed E-state index contributed by atoms with van der Waals surface area (Å²) in [4.78, 5) is 11.3. The maximum absolute atomic E-state index is 11.3. The normalized spacial score (nSPS) is 10.1. The molecule has 0 aliphatic carbocycles. The second-order valence-electron chi connectivity index (χ2n) is 3.20. The highest BCUT2D eigenvalue weighted by atomic mass is 79.9. The third-order valence-corrected chi connectivity index (χ3v) is 3.16. The fourth-order valence-electron chi connectivity index (χ4n) is 1.02. The lowest BCUT2D eigenvalue weighted by Crippen LogP contribution is -2.01. The Balaban J connectivity index is 0.00000289. The van der Waals surface area contributed by atoms with E-state index in [4.69, 9.17) is 10.5 Å². The molecule has 100 valence electrons. The number of benzene rings is 1. The molecule has 0 radical (unpaired) electrons. The molecule has 0 aromatic heterocycles. The first-order chi connectivity index (χ1) is 8.22. The van der Waals surface area contributed by atoms with Gasteiger partial charge in [0.05, 0.1) is 0 Å². The van der Waals surface area contributed by atoms with E-state index in [0.29, 0.717) is 6.54 Å². The van der Waals surface area contributed by atoms with Gasteiger partial charge in [-0.3, -0.25) is 0 Å². The Bertz CT molecular complexity index is 384. The summed E-state index contributed by atoms with van der Waals surface area (Å²) in [5, 5.41) is 1.71. The third-order valence-electron chi connectivity index (χ3n) is 1.83. The maximum Gasteiger partial charge on any atom is 0.331 e. The lowest BCUT2D eigenvalue weighted by Gasteiger charge is -2.02. The summed E-state index contributed by atoms with van der Waals surface area (Å²) in [6.45, 7) is 0.890. The molecule has 2 N–H and O–H groups in total. The molecule has 0 fully saturated rings. The van der Waals surface area contributed by atoms with Gasteiger partial charge in [-0.25, -0.2) is 4.79 Å². The van der Waals surface area contributed by atoms with Crippen LogP contribution in [0.25, 0.3) is 0 Å². The Morgan fingerprint density at radius 3 is 2.67 bits per heavy atom. The fourth-order valence-corrected chi connectivity index (χ4v) is 1.77. The lowest BCUT2D eigenvalue weighted by molar-refractivity contribution is -0.138. The molecule has 0 spiro atoms. The van der Waals surface area contributed by atoms with E-state index in [0.717, 1.165) is 15.8 Å². The summed E-state index contributed by atoms with van der Waals surface area (Å²) in [6.07, 6.45) is 1.42. The molecule has 0 heterocycles. The van der Waals surface area contributed by atoms with Crippen LogP contribution in [0.4, 0.5) is 0 Å². The van der Waals surface area contributed by atoms with E-state index in [1.807, 2.05) is 24.3 Å². The zero-order chi connectivity index (χ0) is 12.5. The predicted octanol–water partition coefficient (Wildman–Crippen LogP) is 3.12. The van der Waals surface area contributed by atoms with Crippen molar-refractivity contribution in [3.63, 3.8) is 0 Å². The molecule has 1 aromatic carbocycles. The van der Waals surface area contributed by atoms with Gasteiger partial charge in [0, 0.05) is 22.8 Å². The van der Waals surface area contributed by atoms with Gasteiger partial charge in [-0.05, 0) is 23.1 Å². The molecule has 0 amide bonds.